The molecule has 0 atom stereocenters. The quantitative estimate of drug-likeness (QED) is 0.510. The lowest BCUT2D eigenvalue weighted by molar-refractivity contribution is 0.382. The summed E-state index contributed by atoms with van der Waals surface area (Å²) >= 11 is 0. The van der Waals surface area contributed by atoms with Gasteiger partial charge in [0.15, 0.2) is 11.2 Å². The molecule has 0 radical (unpaired) electrons. The highest BCUT2D eigenvalue weighted by Gasteiger charge is 2.03. The van der Waals surface area contributed by atoms with E-state index in [1.165, 1.54) is 12.4 Å². The van der Waals surface area contributed by atoms with Crippen LogP contribution in [0.15, 0.2) is 17.2 Å². The van der Waals surface area contributed by atoms with Gasteiger partial charge >= 0.3 is 0 Å². The van der Waals surface area contributed by atoms with Gasteiger partial charge in [0.2, 0.25) is 5.95 Å². The van der Waals surface area contributed by atoms with Crippen LogP contribution in [-0.4, -0.2) is 25.1 Å². The standard InChI is InChI=1S/C6H5N5O2/c12-5-3-4(8-2-1-7-3)9-6(10-5)11-13/h1-2,13H,(H2,8,9,10,11,12). The first-order valence-corrected chi connectivity index (χ1v) is 3.42. The lowest BCUT2D eigenvalue weighted by atomic mass is 10.5. The van der Waals surface area contributed by atoms with Gasteiger partial charge in [0, 0.05) is 12.4 Å². The Morgan fingerprint density at radius 3 is 2.92 bits per heavy atom. The van der Waals surface area contributed by atoms with E-state index in [4.69, 9.17) is 5.21 Å². The zero-order valence-electron chi connectivity index (χ0n) is 6.35. The third-order valence-corrected chi connectivity index (χ3v) is 1.45. The van der Waals surface area contributed by atoms with E-state index in [1.54, 1.807) is 5.48 Å². The molecular weight excluding hydrogens is 174 g/mol. The Labute approximate surface area is 71.5 Å². The predicted octanol–water partition coefficient (Wildman–Crippen LogP) is -0.486. The van der Waals surface area contributed by atoms with E-state index in [9.17, 15) is 4.79 Å². The van der Waals surface area contributed by atoms with Gasteiger partial charge in [-0.15, -0.1) is 0 Å². The van der Waals surface area contributed by atoms with E-state index in [2.05, 4.69) is 19.9 Å². The molecule has 7 heteroatoms. The number of hydrogen-bond donors (Lipinski definition) is 3. The summed E-state index contributed by atoms with van der Waals surface area (Å²) in [6.07, 6.45) is 2.81. The minimum absolute atomic E-state index is 0.0574. The molecule has 0 aromatic carbocycles. The minimum atomic E-state index is -0.449. The molecule has 0 unspecified atom stereocenters. The lowest BCUT2D eigenvalue weighted by Gasteiger charge is -1.97. The van der Waals surface area contributed by atoms with Gasteiger partial charge < -0.3 is 0 Å². The van der Waals surface area contributed by atoms with Gasteiger partial charge in [0.05, 0.1) is 0 Å². The lowest BCUT2D eigenvalue weighted by Crippen LogP contribution is -2.13. The number of H-pyrrole nitrogens is 1. The van der Waals surface area contributed by atoms with Crippen LogP contribution in [0.1, 0.15) is 0 Å². The van der Waals surface area contributed by atoms with Crippen molar-refractivity contribution < 1.29 is 5.21 Å². The average molecular weight is 179 g/mol. The molecule has 0 amide bonds. The van der Waals surface area contributed by atoms with Crippen molar-refractivity contribution in [1.82, 2.24) is 19.9 Å². The van der Waals surface area contributed by atoms with Crippen LogP contribution in [0, 0.1) is 0 Å². The van der Waals surface area contributed by atoms with Crippen LogP contribution in [-0.2, 0) is 0 Å². The van der Waals surface area contributed by atoms with Crippen molar-refractivity contribution in [2.24, 2.45) is 0 Å². The van der Waals surface area contributed by atoms with Crippen LogP contribution in [0.25, 0.3) is 11.2 Å². The highest BCUT2D eigenvalue weighted by Crippen LogP contribution is 2.00. The fraction of sp³-hybridized carbons (Fsp3) is 0. The van der Waals surface area contributed by atoms with Crippen LogP contribution in [0.3, 0.4) is 0 Å². The molecule has 7 nitrogen and oxygen atoms in total. The van der Waals surface area contributed by atoms with Gasteiger partial charge in [-0.1, -0.05) is 0 Å². The van der Waals surface area contributed by atoms with Crippen molar-refractivity contribution in [3.8, 4) is 0 Å². The van der Waals surface area contributed by atoms with Gasteiger partial charge in [0.25, 0.3) is 5.56 Å². The summed E-state index contributed by atoms with van der Waals surface area (Å²) in [5, 5.41) is 8.49. The van der Waals surface area contributed by atoms with E-state index in [-0.39, 0.29) is 17.1 Å². The topological polar surface area (TPSA) is 104 Å². The second-order valence-electron chi connectivity index (χ2n) is 2.25. The van der Waals surface area contributed by atoms with E-state index < -0.39 is 5.56 Å². The Balaban J connectivity index is 2.85. The maximum Gasteiger partial charge on any atom is 0.280 e. The molecule has 0 aliphatic heterocycles. The molecule has 2 aromatic rings. The van der Waals surface area contributed by atoms with Crippen LogP contribution >= 0.6 is 0 Å². The van der Waals surface area contributed by atoms with Gasteiger partial charge in [-0.05, 0) is 0 Å². The van der Waals surface area contributed by atoms with Gasteiger partial charge in [-0.2, -0.15) is 4.98 Å². The average Bonchev–Trinajstić information content (AvgIpc) is 2.18. The largest absolute Gasteiger partial charge is 0.289 e. The van der Waals surface area contributed by atoms with Crippen LogP contribution in [0.5, 0.6) is 0 Å². The fourth-order valence-electron chi connectivity index (χ4n) is 0.926. The number of fused-ring (bicyclic) bond motifs is 1. The molecule has 3 N–H and O–H groups in total. The molecule has 0 aliphatic carbocycles. The first-order valence-electron chi connectivity index (χ1n) is 3.42. The number of aromatic nitrogens is 4. The molecule has 0 spiro atoms. The molecule has 2 rings (SSSR count). The van der Waals surface area contributed by atoms with Gasteiger partial charge in [-0.3, -0.25) is 15.0 Å². The summed E-state index contributed by atoms with van der Waals surface area (Å²) in [7, 11) is 0. The molecule has 0 aliphatic rings. The third kappa shape index (κ3) is 1.20. The van der Waals surface area contributed by atoms with Crippen molar-refractivity contribution in [3.05, 3.63) is 22.7 Å². The third-order valence-electron chi connectivity index (χ3n) is 1.45. The molecule has 0 saturated heterocycles. The zero-order valence-corrected chi connectivity index (χ0v) is 6.35. The highest BCUT2D eigenvalue weighted by molar-refractivity contribution is 5.68. The summed E-state index contributed by atoms with van der Waals surface area (Å²) < 4.78 is 0. The van der Waals surface area contributed by atoms with Crippen molar-refractivity contribution in [1.29, 1.82) is 0 Å². The Morgan fingerprint density at radius 2 is 2.15 bits per heavy atom. The van der Waals surface area contributed by atoms with Gasteiger partial charge in [0.1, 0.15) is 0 Å². The molecular formula is C6H5N5O2. The van der Waals surface area contributed by atoms with Crippen molar-refractivity contribution in [3.63, 3.8) is 0 Å². The number of aromatic amines is 1. The predicted molar refractivity (Wildman–Crippen MR) is 43.4 cm³/mol. The Kier molecular flexibility index (Phi) is 1.64. The molecule has 2 heterocycles. The van der Waals surface area contributed by atoms with Crippen LogP contribution in [0.2, 0.25) is 0 Å². The summed E-state index contributed by atoms with van der Waals surface area (Å²) in [6.45, 7) is 0. The first-order chi connectivity index (χ1) is 6.31. The summed E-state index contributed by atoms with van der Waals surface area (Å²) in [4.78, 5) is 24.8. The van der Waals surface area contributed by atoms with Crippen molar-refractivity contribution >= 4 is 17.1 Å². The summed E-state index contributed by atoms with van der Waals surface area (Å²) in [5.41, 5.74) is 1.60. The van der Waals surface area contributed by atoms with E-state index in [1.807, 2.05) is 0 Å². The fourth-order valence-corrected chi connectivity index (χ4v) is 0.926. The van der Waals surface area contributed by atoms with Crippen molar-refractivity contribution in [2.45, 2.75) is 0 Å². The van der Waals surface area contributed by atoms with E-state index >= 15 is 0 Å². The molecule has 0 saturated carbocycles. The monoisotopic (exact) mass is 179 g/mol. The Morgan fingerprint density at radius 1 is 1.38 bits per heavy atom. The van der Waals surface area contributed by atoms with E-state index in [0.29, 0.717) is 0 Å². The second kappa shape index (κ2) is 2.79. The number of hydrogen-bond acceptors (Lipinski definition) is 6. The number of anilines is 1. The summed E-state index contributed by atoms with van der Waals surface area (Å²) in [6, 6.07) is 0. The highest BCUT2D eigenvalue weighted by atomic mass is 16.5. The number of nitrogens with zero attached hydrogens (tertiary/aromatic N) is 3. The Hall–Kier alpha value is -2.02. The SMILES string of the molecule is O=c1[nH]c(NO)nc2nccnc12. The van der Waals surface area contributed by atoms with Gasteiger partial charge in [-0.25, -0.2) is 15.4 Å². The smallest absolute Gasteiger partial charge is 0.280 e. The van der Waals surface area contributed by atoms with Crippen molar-refractivity contribution in [2.75, 3.05) is 5.48 Å². The molecule has 0 fully saturated rings. The maximum absolute atomic E-state index is 11.2. The zero-order chi connectivity index (χ0) is 9.26. The minimum Gasteiger partial charge on any atom is -0.289 e. The first kappa shape index (κ1) is 7.62. The molecule has 0 bridgehead atoms. The van der Waals surface area contributed by atoms with Crippen LogP contribution in [0.4, 0.5) is 5.95 Å². The molecule has 13 heavy (non-hydrogen) atoms. The maximum atomic E-state index is 11.2. The summed E-state index contributed by atoms with van der Waals surface area (Å²) in [5.74, 6) is -0.0574. The molecule has 66 valence electrons. The Bertz CT molecular complexity index is 494. The molecule has 2 aromatic heterocycles. The van der Waals surface area contributed by atoms with E-state index in [0.717, 1.165) is 0 Å². The normalized spacial score (nSPS) is 10.2. The van der Waals surface area contributed by atoms with Crippen LogP contribution < -0.4 is 11.0 Å². The second-order valence-corrected chi connectivity index (χ2v) is 2.25. The number of nitrogens with one attached hydrogen (secondary N) is 2. The number of rotatable bonds is 1.